The molecule has 0 saturated heterocycles. The minimum absolute atomic E-state index is 0.525. The highest BCUT2D eigenvalue weighted by Crippen LogP contribution is 2.19. The molecule has 28 heavy (non-hydrogen) atoms. The number of hydrogen-bond donors (Lipinski definition) is 1. The lowest BCUT2D eigenvalue weighted by atomic mass is 9.98. The molecule has 0 aliphatic rings. The van der Waals surface area contributed by atoms with Crippen LogP contribution >= 0.6 is 0 Å². The minimum atomic E-state index is 0.525. The van der Waals surface area contributed by atoms with Crippen LogP contribution in [-0.4, -0.2) is 28.9 Å². The Hall–Kier alpha value is -3.04. The summed E-state index contributed by atoms with van der Waals surface area (Å²) in [7, 11) is 0. The van der Waals surface area contributed by atoms with Crippen molar-refractivity contribution in [3.63, 3.8) is 0 Å². The highest BCUT2D eigenvalue weighted by atomic mass is 15.3. The molecule has 2 aromatic rings. The Labute approximate surface area is 167 Å². The Bertz CT molecular complexity index is 911. The van der Waals surface area contributed by atoms with E-state index in [1.807, 2.05) is 36.1 Å². The second-order valence-corrected chi connectivity index (χ2v) is 7.25. The first-order chi connectivity index (χ1) is 13.5. The molecule has 6 nitrogen and oxygen atoms in total. The van der Waals surface area contributed by atoms with Crippen molar-refractivity contribution in [3.05, 3.63) is 64.6 Å². The van der Waals surface area contributed by atoms with Crippen LogP contribution in [0.5, 0.6) is 0 Å². The molecule has 6 heteroatoms. The molecule has 0 fully saturated rings. The van der Waals surface area contributed by atoms with Crippen molar-refractivity contribution < 1.29 is 0 Å². The Kier molecular flexibility index (Phi) is 7.85. The van der Waals surface area contributed by atoms with Crippen molar-refractivity contribution in [2.45, 2.75) is 40.2 Å². The molecule has 0 amide bonds. The first-order valence-electron chi connectivity index (χ1n) is 9.41. The van der Waals surface area contributed by atoms with Crippen molar-refractivity contribution >= 4 is 12.6 Å². The van der Waals surface area contributed by atoms with Gasteiger partial charge in [-0.05, 0) is 61.9 Å². The molecule has 0 spiro atoms. The summed E-state index contributed by atoms with van der Waals surface area (Å²) in [4.78, 5) is 8.61. The Morgan fingerprint density at radius 2 is 2.21 bits per heavy atom. The van der Waals surface area contributed by atoms with Crippen molar-refractivity contribution in [2.75, 3.05) is 6.54 Å². The van der Waals surface area contributed by atoms with Gasteiger partial charge in [-0.1, -0.05) is 19.4 Å². The number of rotatable bonds is 8. The zero-order valence-corrected chi connectivity index (χ0v) is 16.9. The summed E-state index contributed by atoms with van der Waals surface area (Å²) in [5, 5.41) is 13.7. The van der Waals surface area contributed by atoms with E-state index in [9.17, 15) is 5.26 Å². The molecule has 2 N–H and O–H groups in total. The third-order valence-electron chi connectivity index (χ3n) is 4.20. The van der Waals surface area contributed by atoms with Crippen LogP contribution in [0.15, 0.2) is 52.4 Å². The third kappa shape index (κ3) is 6.00. The summed E-state index contributed by atoms with van der Waals surface area (Å²) >= 11 is 0. The average molecular weight is 377 g/mol. The molecule has 1 aromatic heterocycles. The predicted molar refractivity (Wildman–Crippen MR) is 115 cm³/mol. The molecule has 0 radical (unpaired) electrons. The predicted octanol–water partition coefficient (Wildman–Crippen LogP) is 3.70. The van der Waals surface area contributed by atoms with Gasteiger partial charge in [0, 0.05) is 30.9 Å². The fourth-order valence-corrected chi connectivity index (χ4v) is 2.88. The van der Waals surface area contributed by atoms with Crippen LogP contribution in [-0.2, 0) is 13.0 Å². The molecule has 1 aromatic carbocycles. The van der Waals surface area contributed by atoms with Gasteiger partial charge in [0.1, 0.15) is 0 Å². The molecule has 0 bridgehead atoms. The topological polar surface area (TPSA) is 92.3 Å². The lowest BCUT2D eigenvalue weighted by molar-refractivity contribution is 0.483. The molecule has 0 aliphatic carbocycles. The van der Waals surface area contributed by atoms with Crippen LogP contribution in [0.1, 0.15) is 49.4 Å². The lowest BCUT2D eigenvalue weighted by Gasteiger charge is -2.09. The van der Waals surface area contributed by atoms with Crippen LogP contribution in [0, 0.1) is 17.2 Å². The van der Waals surface area contributed by atoms with Gasteiger partial charge >= 0.3 is 0 Å². The van der Waals surface area contributed by atoms with Crippen molar-refractivity contribution in [2.24, 2.45) is 21.6 Å². The Balaban J connectivity index is 2.38. The highest BCUT2D eigenvalue weighted by molar-refractivity contribution is 6.03. The average Bonchev–Trinajstić information content (AvgIpc) is 3.09. The first-order valence-corrected chi connectivity index (χ1v) is 9.41. The largest absolute Gasteiger partial charge is 0.330 e. The maximum atomic E-state index is 9.30. The second kappa shape index (κ2) is 10.3. The van der Waals surface area contributed by atoms with Gasteiger partial charge in [0.05, 0.1) is 17.8 Å². The third-order valence-corrected chi connectivity index (χ3v) is 4.20. The van der Waals surface area contributed by atoms with E-state index in [0.717, 1.165) is 35.2 Å². The number of benzene rings is 1. The molecule has 0 saturated carbocycles. The summed E-state index contributed by atoms with van der Waals surface area (Å²) in [5.41, 5.74) is 10.2. The number of amidine groups is 1. The van der Waals surface area contributed by atoms with Gasteiger partial charge in [0.15, 0.2) is 5.84 Å². The second-order valence-electron chi connectivity index (χ2n) is 7.25. The maximum Gasteiger partial charge on any atom is 0.158 e. The summed E-state index contributed by atoms with van der Waals surface area (Å²) in [5.74, 6) is 1.06. The first kappa shape index (κ1) is 21.3. The zero-order chi connectivity index (χ0) is 20.5. The van der Waals surface area contributed by atoms with Crippen molar-refractivity contribution in [1.82, 2.24) is 9.78 Å². The van der Waals surface area contributed by atoms with E-state index in [1.54, 1.807) is 12.3 Å². The molecule has 2 rings (SSSR count). The van der Waals surface area contributed by atoms with E-state index < -0.39 is 0 Å². The standard InChI is InChI=1S/C22H28N6/c1-16(2)14-28-15-19(13-27-28)10-20-9-18(11-24)5-6-21(20)22(25-4)26-12-17(3)7-8-23/h5-6,9,12-13,15-16H,4,7-8,10,14,23H2,1-3H3/b17-12+,26-22?. The summed E-state index contributed by atoms with van der Waals surface area (Å²) in [6, 6.07) is 7.74. The van der Waals surface area contributed by atoms with Gasteiger partial charge in [-0.2, -0.15) is 10.4 Å². The maximum absolute atomic E-state index is 9.30. The summed E-state index contributed by atoms with van der Waals surface area (Å²) < 4.78 is 1.95. The number of hydrogen-bond acceptors (Lipinski definition) is 4. The van der Waals surface area contributed by atoms with Crippen LogP contribution in [0.4, 0.5) is 0 Å². The van der Waals surface area contributed by atoms with E-state index in [-0.39, 0.29) is 0 Å². The molecular weight excluding hydrogens is 348 g/mol. The smallest absolute Gasteiger partial charge is 0.158 e. The quantitative estimate of drug-likeness (QED) is 0.562. The minimum Gasteiger partial charge on any atom is -0.330 e. The van der Waals surface area contributed by atoms with E-state index in [4.69, 9.17) is 5.73 Å². The van der Waals surface area contributed by atoms with Crippen LogP contribution in [0.25, 0.3) is 0 Å². The number of aromatic nitrogens is 2. The fourth-order valence-electron chi connectivity index (χ4n) is 2.88. The number of nitrogens with two attached hydrogens (primary N) is 1. The molecule has 0 aliphatic heterocycles. The lowest BCUT2D eigenvalue weighted by Crippen LogP contribution is -2.05. The van der Waals surface area contributed by atoms with Crippen molar-refractivity contribution in [1.29, 1.82) is 5.26 Å². The van der Waals surface area contributed by atoms with Gasteiger partial charge in [-0.3, -0.25) is 4.68 Å². The molecule has 146 valence electrons. The van der Waals surface area contributed by atoms with Crippen LogP contribution in [0.3, 0.4) is 0 Å². The highest BCUT2D eigenvalue weighted by Gasteiger charge is 2.11. The number of nitriles is 1. The monoisotopic (exact) mass is 376 g/mol. The van der Waals surface area contributed by atoms with Crippen LogP contribution < -0.4 is 5.73 Å². The summed E-state index contributed by atoms with van der Waals surface area (Å²) in [6.07, 6.45) is 7.12. The zero-order valence-electron chi connectivity index (χ0n) is 16.9. The van der Waals surface area contributed by atoms with Crippen molar-refractivity contribution in [3.8, 4) is 6.07 Å². The van der Waals surface area contributed by atoms with Gasteiger partial charge in [0.2, 0.25) is 0 Å². The Morgan fingerprint density at radius 1 is 1.43 bits per heavy atom. The van der Waals surface area contributed by atoms with E-state index >= 15 is 0 Å². The van der Waals surface area contributed by atoms with Gasteiger partial charge in [-0.25, -0.2) is 9.98 Å². The fraction of sp³-hybridized carbons (Fsp3) is 0.364. The normalized spacial score (nSPS) is 12.3. The van der Waals surface area contributed by atoms with E-state index in [2.05, 4.69) is 41.7 Å². The van der Waals surface area contributed by atoms with Gasteiger partial charge in [0.25, 0.3) is 0 Å². The summed E-state index contributed by atoms with van der Waals surface area (Å²) in [6.45, 7) is 11.4. The SMILES string of the molecule is C=NC(=N/C=C(\C)CCN)c1ccc(C#N)cc1Cc1cnn(CC(C)C)c1. The number of nitrogens with zero attached hydrogens (tertiary/aromatic N) is 5. The molecule has 0 atom stereocenters. The molecule has 1 heterocycles. The molecule has 0 unspecified atom stereocenters. The molecular formula is C22H28N6. The van der Waals surface area contributed by atoms with Gasteiger partial charge in [-0.15, -0.1) is 0 Å². The number of aliphatic imine (C=N–C) groups is 2. The van der Waals surface area contributed by atoms with E-state index in [0.29, 0.717) is 30.3 Å². The van der Waals surface area contributed by atoms with Crippen LogP contribution in [0.2, 0.25) is 0 Å². The van der Waals surface area contributed by atoms with Gasteiger partial charge < -0.3 is 5.73 Å². The Morgan fingerprint density at radius 3 is 2.86 bits per heavy atom. The van der Waals surface area contributed by atoms with E-state index in [1.165, 1.54) is 0 Å².